The Bertz CT molecular complexity index is 519. The third-order valence-corrected chi connectivity index (χ3v) is 1.96. The highest BCUT2D eigenvalue weighted by atomic mass is 16.5. The van der Waals surface area contributed by atoms with Gasteiger partial charge in [0.05, 0.1) is 31.8 Å². The molecule has 1 rings (SSSR count). The van der Waals surface area contributed by atoms with Crippen molar-refractivity contribution in [2.75, 3.05) is 13.7 Å². The van der Waals surface area contributed by atoms with Gasteiger partial charge in [0.15, 0.2) is 5.57 Å². The first-order valence-electron chi connectivity index (χ1n) is 5.07. The number of hydrogen-bond acceptors (Lipinski definition) is 7. The molecule has 1 aromatic rings. The van der Waals surface area contributed by atoms with Crippen molar-refractivity contribution in [1.82, 2.24) is 9.97 Å². The van der Waals surface area contributed by atoms with E-state index in [0.717, 1.165) is 0 Å². The van der Waals surface area contributed by atoms with E-state index in [2.05, 4.69) is 9.97 Å². The highest BCUT2D eigenvalue weighted by Gasteiger charge is 2.17. The minimum atomic E-state index is -0.790. The van der Waals surface area contributed by atoms with E-state index in [0.29, 0.717) is 0 Å². The Morgan fingerprint density at radius 2 is 2.28 bits per heavy atom. The normalized spacial score (nSPS) is 11.2. The zero-order chi connectivity index (χ0) is 13.5. The molecule has 1 heterocycles. The lowest BCUT2D eigenvalue weighted by Crippen LogP contribution is -2.13. The highest BCUT2D eigenvalue weighted by molar-refractivity contribution is 6.00. The molecular weight excluding hydrogens is 236 g/mol. The standard InChI is InChI=1S/C11H12N4O3/c1-3-18-11(16)7(4-12)10(13)8-5-14-6-9(15-8)17-2/h5-6H,3,13H2,1-2H3/b10-7-. The van der Waals surface area contributed by atoms with Gasteiger partial charge in [0, 0.05) is 0 Å². The molecule has 0 spiro atoms. The van der Waals surface area contributed by atoms with Crippen LogP contribution >= 0.6 is 0 Å². The molecular formula is C11H12N4O3. The maximum atomic E-state index is 11.5. The van der Waals surface area contributed by atoms with Gasteiger partial charge in [-0.05, 0) is 6.92 Å². The van der Waals surface area contributed by atoms with Crippen LogP contribution in [0.3, 0.4) is 0 Å². The number of aromatic nitrogens is 2. The number of methoxy groups -OCH3 is 1. The smallest absolute Gasteiger partial charge is 0.351 e. The van der Waals surface area contributed by atoms with Crippen molar-refractivity contribution in [1.29, 1.82) is 5.26 Å². The molecule has 0 saturated heterocycles. The van der Waals surface area contributed by atoms with Gasteiger partial charge in [-0.1, -0.05) is 0 Å². The number of rotatable bonds is 4. The summed E-state index contributed by atoms with van der Waals surface area (Å²) in [4.78, 5) is 19.3. The summed E-state index contributed by atoms with van der Waals surface area (Å²) >= 11 is 0. The molecule has 0 unspecified atom stereocenters. The summed E-state index contributed by atoms with van der Waals surface area (Å²) in [5, 5.41) is 8.91. The van der Waals surface area contributed by atoms with Crippen LogP contribution < -0.4 is 10.5 Å². The van der Waals surface area contributed by atoms with Gasteiger partial charge in [-0.25, -0.2) is 9.78 Å². The Hall–Kier alpha value is -2.62. The first-order chi connectivity index (χ1) is 8.63. The van der Waals surface area contributed by atoms with Gasteiger partial charge in [0.25, 0.3) is 0 Å². The molecule has 0 saturated carbocycles. The van der Waals surface area contributed by atoms with E-state index in [4.69, 9.17) is 20.5 Å². The quantitative estimate of drug-likeness (QED) is 0.461. The molecule has 18 heavy (non-hydrogen) atoms. The summed E-state index contributed by atoms with van der Waals surface area (Å²) in [5.74, 6) is -0.557. The van der Waals surface area contributed by atoms with E-state index in [-0.39, 0.29) is 29.5 Å². The van der Waals surface area contributed by atoms with Crippen LogP contribution in [-0.2, 0) is 9.53 Å². The zero-order valence-electron chi connectivity index (χ0n) is 10.0. The fourth-order valence-corrected chi connectivity index (χ4v) is 1.12. The molecule has 0 bridgehead atoms. The summed E-state index contributed by atoms with van der Waals surface area (Å²) in [5.41, 5.74) is 5.48. The second kappa shape index (κ2) is 6.20. The molecule has 0 fully saturated rings. The predicted octanol–water partition coefficient (Wildman–Crippen LogP) is 0.242. The number of nitrogens with two attached hydrogens (primary N) is 1. The highest BCUT2D eigenvalue weighted by Crippen LogP contribution is 2.14. The molecule has 0 amide bonds. The van der Waals surface area contributed by atoms with Crippen molar-refractivity contribution in [3.63, 3.8) is 0 Å². The van der Waals surface area contributed by atoms with Crippen molar-refractivity contribution in [3.8, 4) is 11.9 Å². The lowest BCUT2D eigenvalue weighted by Gasteiger charge is -2.05. The van der Waals surface area contributed by atoms with E-state index in [1.807, 2.05) is 0 Å². The Morgan fingerprint density at radius 1 is 1.56 bits per heavy atom. The number of esters is 1. The van der Waals surface area contributed by atoms with Gasteiger partial charge >= 0.3 is 5.97 Å². The number of hydrogen-bond donors (Lipinski definition) is 1. The summed E-state index contributed by atoms with van der Waals surface area (Å²) in [6.45, 7) is 1.79. The fraction of sp³-hybridized carbons (Fsp3) is 0.273. The SMILES string of the molecule is CCOC(=O)/C(C#N)=C(\N)c1cncc(OC)n1. The molecule has 94 valence electrons. The van der Waals surface area contributed by atoms with Crippen molar-refractivity contribution in [2.45, 2.75) is 6.92 Å². The lowest BCUT2D eigenvalue weighted by molar-refractivity contribution is -0.137. The van der Waals surface area contributed by atoms with E-state index < -0.39 is 5.97 Å². The molecule has 7 nitrogen and oxygen atoms in total. The van der Waals surface area contributed by atoms with Gasteiger partial charge in [0.2, 0.25) is 5.88 Å². The Kier molecular flexibility index (Phi) is 4.63. The van der Waals surface area contributed by atoms with Gasteiger partial charge in [-0.15, -0.1) is 0 Å². The predicted molar refractivity (Wildman–Crippen MR) is 61.9 cm³/mol. The number of ether oxygens (including phenoxy) is 2. The number of nitrogens with zero attached hydrogens (tertiary/aromatic N) is 3. The minimum absolute atomic E-state index is 0.0950. The second-order valence-electron chi connectivity index (χ2n) is 3.07. The lowest BCUT2D eigenvalue weighted by atomic mass is 10.2. The zero-order valence-corrected chi connectivity index (χ0v) is 10.0. The third-order valence-electron chi connectivity index (χ3n) is 1.96. The van der Waals surface area contributed by atoms with Crippen LogP contribution in [0.15, 0.2) is 18.0 Å². The van der Waals surface area contributed by atoms with Crippen molar-refractivity contribution < 1.29 is 14.3 Å². The summed E-state index contributed by atoms with van der Waals surface area (Å²) < 4.78 is 9.59. The van der Waals surface area contributed by atoms with Crippen LogP contribution in [0, 0.1) is 11.3 Å². The number of carbonyl (C=O) groups is 1. The average Bonchev–Trinajstić information content (AvgIpc) is 2.40. The maximum Gasteiger partial charge on any atom is 0.351 e. The molecule has 0 aliphatic carbocycles. The molecule has 1 aromatic heterocycles. The fourth-order valence-electron chi connectivity index (χ4n) is 1.12. The van der Waals surface area contributed by atoms with Crippen LogP contribution in [0.5, 0.6) is 5.88 Å². The summed E-state index contributed by atoms with van der Waals surface area (Å²) in [6, 6.07) is 1.69. The topological polar surface area (TPSA) is 111 Å². The van der Waals surface area contributed by atoms with Gasteiger partial charge < -0.3 is 15.2 Å². The maximum absolute atomic E-state index is 11.5. The van der Waals surface area contributed by atoms with Crippen LogP contribution in [0.25, 0.3) is 5.70 Å². The van der Waals surface area contributed by atoms with Crippen LogP contribution in [0.1, 0.15) is 12.6 Å². The van der Waals surface area contributed by atoms with Gasteiger partial charge in [0.1, 0.15) is 11.8 Å². The van der Waals surface area contributed by atoms with Crippen molar-refractivity contribution >= 4 is 11.7 Å². The Labute approximate surface area is 104 Å². The number of nitriles is 1. The van der Waals surface area contributed by atoms with E-state index in [1.54, 1.807) is 13.0 Å². The molecule has 0 atom stereocenters. The minimum Gasteiger partial charge on any atom is -0.480 e. The molecule has 0 aliphatic rings. The molecule has 0 aliphatic heterocycles. The van der Waals surface area contributed by atoms with Crippen LogP contribution in [-0.4, -0.2) is 29.7 Å². The Morgan fingerprint density at radius 3 is 2.83 bits per heavy atom. The first kappa shape index (κ1) is 13.4. The van der Waals surface area contributed by atoms with Crippen LogP contribution in [0.2, 0.25) is 0 Å². The average molecular weight is 248 g/mol. The van der Waals surface area contributed by atoms with Crippen LogP contribution in [0.4, 0.5) is 0 Å². The molecule has 0 aromatic carbocycles. The monoisotopic (exact) mass is 248 g/mol. The van der Waals surface area contributed by atoms with Gasteiger partial charge in [-0.3, -0.25) is 4.98 Å². The van der Waals surface area contributed by atoms with Crippen molar-refractivity contribution in [3.05, 3.63) is 23.7 Å². The molecule has 2 N–H and O–H groups in total. The van der Waals surface area contributed by atoms with Gasteiger partial charge in [-0.2, -0.15) is 5.26 Å². The summed E-state index contributed by atoms with van der Waals surface area (Å²) in [6.07, 6.45) is 2.71. The first-order valence-corrected chi connectivity index (χ1v) is 5.07. The largest absolute Gasteiger partial charge is 0.480 e. The third kappa shape index (κ3) is 2.95. The number of carbonyl (C=O) groups excluding carboxylic acids is 1. The Balaban J connectivity index is 3.19. The van der Waals surface area contributed by atoms with E-state index >= 15 is 0 Å². The van der Waals surface area contributed by atoms with E-state index in [9.17, 15) is 4.79 Å². The molecule has 0 radical (unpaired) electrons. The van der Waals surface area contributed by atoms with E-state index in [1.165, 1.54) is 19.5 Å². The van der Waals surface area contributed by atoms with Crippen molar-refractivity contribution in [2.24, 2.45) is 5.73 Å². The molecule has 7 heteroatoms. The second-order valence-corrected chi connectivity index (χ2v) is 3.07. The summed E-state index contributed by atoms with van der Waals surface area (Å²) in [7, 11) is 1.42.